The second-order valence-corrected chi connectivity index (χ2v) is 10.2. The second kappa shape index (κ2) is 13.5. The number of hydrogen-bond acceptors (Lipinski definition) is 6. The maximum absolute atomic E-state index is 13.2. The van der Waals surface area contributed by atoms with Gasteiger partial charge in [0.1, 0.15) is 5.76 Å². The largest absolute Gasteiger partial charge is 0.507 e. The highest BCUT2D eigenvalue weighted by atomic mass is 79.9. The Balaban J connectivity index is 1.96. The number of amides is 1. The lowest BCUT2D eigenvalue weighted by Crippen LogP contribution is -2.34. The maximum atomic E-state index is 13.2. The zero-order chi connectivity index (χ0) is 26.9. The van der Waals surface area contributed by atoms with Gasteiger partial charge in [-0.3, -0.25) is 19.7 Å². The highest BCUT2D eigenvalue weighted by Crippen LogP contribution is 2.40. The van der Waals surface area contributed by atoms with Crippen molar-refractivity contribution in [2.75, 3.05) is 26.2 Å². The van der Waals surface area contributed by atoms with Crippen molar-refractivity contribution < 1.29 is 19.6 Å². The first kappa shape index (κ1) is 28.5. The van der Waals surface area contributed by atoms with E-state index in [4.69, 9.17) is 0 Å². The molecule has 2 aromatic rings. The molecule has 1 N–H and O–H groups in total. The van der Waals surface area contributed by atoms with E-state index in [9.17, 15) is 24.8 Å². The van der Waals surface area contributed by atoms with E-state index in [-0.39, 0.29) is 17.0 Å². The predicted octanol–water partition coefficient (Wildman–Crippen LogP) is 6.07. The summed E-state index contributed by atoms with van der Waals surface area (Å²) in [7, 11) is 0. The number of ketones is 1. The van der Waals surface area contributed by atoms with Gasteiger partial charge in [0.2, 0.25) is 0 Å². The number of carbonyl (C=O) groups excluding carboxylic acids is 2. The molecule has 37 heavy (non-hydrogen) atoms. The average Bonchev–Trinajstić information content (AvgIpc) is 3.15. The molecule has 1 fully saturated rings. The molecule has 0 unspecified atom stereocenters. The lowest BCUT2D eigenvalue weighted by atomic mass is 9.95. The number of nitrogens with zero attached hydrogens (tertiary/aromatic N) is 3. The molecule has 1 amide bonds. The van der Waals surface area contributed by atoms with Crippen LogP contribution >= 0.6 is 15.9 Å². The molecule has 1 atom stereocenters. The fourth-order valence-corrected chi connectivity index (χ4v) is 4.86. The van der Waals surface area contributed by atoms with Gasteiger partial charge in [-0.2, -0.15) is 0 Å². The Kier molecular flexibility index (Phi) is 10.4. The van der Waals surface area contributed by atoms with Gasteiger partial charge in [-0.05, 0) is 56.6 Å². The van der Waals surface area contributed by atoms with Crippen LogP contribution in [-0.4, -0.2) is 57.7 Å². The molecule has 0 spiro atoms. The number of hydrogen-bond donors (Lipinski definition) is 1. The number of aliphatic hydroxyl groups is 1. The number of Topliss-reactive ketones (excluding diaryl/α,β-unsaturated/α-hetero) is 1. The van der Waals surface area contributed by atoms with E-state index in [1.54, 1.807) is 30.3 Å². The summed E-state index contributed by atoms with van der Waals surface area (Å²) in [6, 6.07) is 11.8. The molecule has 0 radical (unpaired) electrons. The standard InChI is InChI=1S/C28H34BrN3O5/c1-3-5-15-30(16-6-4-2)17-8-18-31-25(21-9-7-10-23(19-21)32(36)37)24(27(34)28(31)35)26(33)20-11-13-22(29)14-12-20/h7,9-14,19,25,33H,3-6,8,15-18H2,1-2H3/t25-/m1/s1. The summed E-state index contributed by atoms with van der Waals surface area (Å²) < 4.78 is 0.801. The summed E-state index contributed by atoms with van der Waals surface area (Å²) >= 11 is 3.36. The van der Waals surface area contributed by atoms with Crippen molar-refractivity contribution in [2.24, 2.45) is 0 Å². The molecule has 2 aromatic carbocycles. The number of likely N-dealkylation sites (tertiary alicyclic amines) is 1. The lowest BCUT2D eigenvalue weighted by molar-refractivity contribution is -0.384. The number of aliphatic hydroxyl groups excluding tert-OH is 1. The number of nitro benzene ring substituents is 1. The summed E-state index contributed by atoms with van der Waals surface area (Å²) in [5.74, 6) is -1.79. The normalized spacial score (nSPS) is 17.1. The molecule has 1 aliphatic rings. The molecular formula is C28H34BrN3O5. The Morgan fingerprint density at radius 1 is 1.03 bits per heavy atom. The molecule has 0 bridgehead atoms. The van der Waals surface area contributed by atoms with Gasteiger partial charge in [-0.15, -0.1) is 0 Å². The second-order valence-electron chi connectivity index (χ2n) is 9.25. The Labute approximate surface area is 226 Å². The van der Waals surface area contributed by atoms with E-state index < -0.39 is 22.7 Å². The van der Waals surface area contributed by atoms with Crippen LogP contribution in [0.25, 0.3) is 5.76 Å². The van der Waals surface area contributed by atoms with Crippen LogP contribution in [0.15, 0.2) is 58.6 Å². The van der Waals surface area contributed by atoms with Crippen LogP contribution in [-0.2, 0) is 9.59 Å². The topological polar surface area (TPSA) is 104 Å². The predicted molar refractivity (Wildman–Crippen MR) is 147 cm³/mol. The van der Waals surface area contributed by atoms with Gasteiger partial charge in [0.15, 0.2) is 0 Å². The minimum absolute atomic E-state index is 0.0540. The van der Waals surface area contributed by atoms with Gasteiger partial charge in [0, 0.05) is 28.7 Å². The van der Waals surface area contributed by atoms with E-state index in [0.29, 0.717) is 24.1 Å². The molecule has 1 saturated heterocycles. The quantitative estimate of drug-likeness (QED) is 0.103. The van der Waals surface area contributed by atoms with Crippen LogP contribution in [0.4, 0.5) is 5.69 Å². The third kappa shape index (κ3) is 7.05. The minimum atomic E-state index is -0.914. The number of non-ortho nitro benzene ring substituents is 1. The van der Waals surface area contributed by atoms with Crippen LogP contribution in [0.5, 0.6) is 0 Å². The summed E-state index contributed by atoms with van der Waals surface area (Å²) in [5.41, 5.74) is 0.612. The molecule has 1 heterocycles. The van der Waals surface area contributed by atoms with Crippen LogP contribution in [0.1, 0.15) is 63.1 Å². The first-order valence-electron chi connectivity index (χ1n) is 12.8. The molecular weight excluding hydrogens is 538 g/mol. The number of halogens is 1. The van der Waals surface area contributed by atoms with Crippen molar-refractivity contribution in [2.45, 2.75) is 52.0 Å². The van der Waals surface area contributed by atoms with Gasteiger partial charge in [-0.1, -0.05) is 66.9 Å². The molecule has 1 aliphatic heterocycles. The number of carbonyl (C=O) groups is 2. The number of nitro groups is 1. The first-order valence-corrected chi connectivity index (χ1v) is 13.6. The monoisotopic (exact) mass is 571 g/mol. The van der Waals surface area contributed by atoms with Gasteiger partial charge in [0.05, 0.1) is 16.5 Å². The first-order chi connectivity index (χ1) is 17.8. The van der Waals surface area contributed by atoms with Crippen molar-refractivity contribution in [3.63, 3.8) is 0 Å². The Hall–Kier alpha value is -3.04. The van der Waals surface area contributed by atoms with Crippen molar-refractivity contribution in [1.82, 2.24) is 9.80 Å². The Bertz CT molecular complexity index is 1140. The van der Waals surface area contributed by atoms with Gasteiger partial charge < -0.3 is 14.9 Å². The van der Waals surface area contributed by atoms with E-state index >= 15 is 0 Å². The third-order valence-electron chi connectivity index (χ3n) is 6.58. The van der Waals surface area contributed by atoms with E-state index in [1.165, 1.54) is 23.1 Å². The zero-order valence-corrected chi connectivity index (χ0v) is 22.9. The van der Waals surface area contributed by atoms with E-state index in [1.807, 2.05) is 0 Å². The van der Waals surface area contributed by atoms with Crippen molar-refractivity contribution in [3.05, 3.63) is 79.8 Å². The van der Waals surface area contributed by atoms with Gasteiger partial charge >= 0.3 is 0 Å². The molecule has 3 rings (SSSR count). The summed E-state index contributed by atoms with van der Waals surface area (Å²) in [6.45, 7) is 7.34. The van der Waals surface area contributed by atoms with Crippen molar-refractivity contribution >= 4 is 39.1 Å². The zero-order valence-electron chi connectivity index (χ0n) is 21.4. The van der Waals surface area contributed by atoms with E-state index in [0.717, 1.165) is 49.8 Å². The number of benzene rings is 2. The highest BCUT2D eigenvalue weighted by molar-refractivity contribution is 9.10. The van der Waals surface area contributed by atoms with Crippen LogP contribution < -0.4 is 0 Å². The molecule has 0 saturated carbocycles. The van der Waals surface area contributed by atoms with Crippen LogP contribution in [0.2, 0.25) is 0 Å². The van der Waals surface area contributed by atoms with Crippen molar-refractivity contribution in [1.29, 1.82) is 0 Å². The SMILES string of the molecule is CCCCN(CCCC)CCCN1C(=O)C(=O)C(=C(O)c2ccc(Br)cc2)[C@H]1c1cccc([N+](=O)[O-])c1. The van der Waals surface area contributed by atoms with Gasteiger partial charge in [-0.25, -0.2) is 0 Å². The molecule has 8 nitrogen and oxygen atoms in total. The third-order valence-corrected chi connectivity index (χ3v) is 7.11. The molecule has 9 heteroatoms. The Morgan fingerprint density at radius 3 is 2.24 bits per heavy atom. The molecule has 0 aromatic heterocycles. The lowest BCUT2D eigenvalue weighted by Gasteiger charge is -2.27. The fourth-order valence-electron chi connectivity index (χ4n) is 4.59. The average molecular weight is 572 g/mol. The van der Waals surface area contributed by atoms with E-state index in [2.05, 4.69) is 34.7 Å². The van der Waals surface area contributed by atoms with Crippen LogP contribution in [0.3, 0.4) is 0 Å². The number of unbranched alkanes of at least 4 members (excludes halogenated alkanes) is 2. The summed E-state index contributed by atoms with van der Waals surface area (Å²) in [4.78, 5) is 41.2. The molecule has 198 valence electrons. The number of rotatable bonds is 13. The maximum Gasteiger partial charge on any atom is 0.295 e. The highest BCUT2D eigenvalue weighted by Gasteiger charge is 2.46. The smallest absolute Gasteiger partial charge is 0.295 e. The fraction of sp³-hybridized carbons (Fsp3) is 0.429. The molecule has 0 aliphatic carbocycles. The van der Waals surface area contributed by atoms with Crippen molar-refractivity contribution in [3.8, 4) is 0 Å². The minimum Gasteiger partial charge on any atom is -0.507 e. The van der Waals surface area contributed by atoms with Gasteiger partial charge in [0.25, 0.3) is 17.4 Å². The van der Waals surface area contributed by atoms with Crippen LogP contribution in [0, 0.1) is 10.1 Å². The summed E-state index contributed by atoms with van der Waals surface area (Å²) in [6.07, 6.45) is 5.02. The summed E-state index contributed by atoms with van der Waals surface area (Å²) in [5, 5.41) is 22.6. The Morgan fingerprint density at radius 2 is 1.65 bits per heavy atom.